The quantitative estimate of drug-likeness (QED) is 0.552. The van der Waals surface area contributed by atoms with Crippen LogP contribution in [0.4, 0.5) is 8.78 Å². The Bertz CT molecular complexity index is 75.4. The summed E-state index contributed by atoms with van der Waals surface area (Å²) in [5.41, 5.74) is 0. The summed E-state index contributed by atoms with van der Waals surface area (Å²) in [5, 5.41) is 0. The molecule has 0 aliphatic rings. The highest BCUT2D eigenvalue weighted by atomic mass is 19.3. The molecule has 4 heteroatoms. The lowest BCUT2D eigenvalue weighted by Crippen LogP contribution is -2.20. The van der Waals surface area contributed by atoms with Crippen LogP contribution >= 0.6 is 0 Å². The fraction of sp³-hybridized carbons (Fsp3) is 1.00. The minimum Gasteiger partial charge on any atom is -0.358 e. The van der Waals surface area contributed by atoms with Gasteiger partial charge in [0, 0.05) is 13.5 Å². The van der Waals surface area contributed by atoms with Crippen molar-refractivity contribution in [3.63, 3.8) is 0 Å². The van der Waals surface area contributed by atoms with Crippen molar-refractivity contribution < 1.29 is 18.3 Å². The molecule has 0 aromatic carbocycles. The normalized spacial score (nSPS) is 12.0. The van der Waals surface area contributed by atoms with Gasteiger partial charge in [0.15, 0.2) is 6.79 Å². The molecular formula is C5H10F2O2. The molecule has 9 heavy (non-hydrogen) atoms. The monoisotopic (exact) mass is 140 g/mol. The van der Waals surface area contributed by atoms with E-state index < -0.39 is 6.11 Å². The Morgan fingerprint density at radius 2 is 2.00 bits per heavy atom. The van der Waals surface area contributed by atoms with Gasteiger partial charge >= 0.3 is 6.11 Å². The third kappa shape index (κ3) is 4.29. The van der Waals surface area contributed by atoms with E-state index in [0.717, 1.165) is 0 Å². The molecule has 0 saturated heterocycles. The predicted molar refractivity (Wildman–Crippen MR) is 28.2 cm³/mol. The van der Waals surface area contributed by atoms with Crippen LogP contribution in [0.3, 0.4) is 0 Å². The van der Waals surface area contributed by atoms with E-state index in [-0.39, 0.29) is 13.2 Å². The topological polar surface area (TPSA) is 18.5 Å². The molecule has 0 saturated carbocycles. The van der Waals surface area contributed by atoms with Crippen LogP contribution in [0.1, 0.15) is 13.3 Å². The molecule has 0 bridgehead atoms. The molecule has 0 aromatic rings. The predicted octanol–water partition coefficient (Wildman–Crippen LogP) is 1.61. The first kappa shape index (κ1) is 8.78. The maximum absolute atomic E-state index is 12.0. The van der Waals surface area contributed by atoms with Crippen molar-refractivity contribution in [2.45, 2.75) is 19.5 Å². The number of methoxy groups -OCH3 is 1. The lowest BCUT2D eigenvalue weighted by Gasteiger charge is -2.12. The summed E-state index contributed by atoms with van der Waals surface area (Å²) < 4.78 is 32.3. The second-order valence-electron chi connectivity index (χ2n) is 1.54. The van der Waals surface area contributed by atoms with Crippen LogP contribution in [-0.2, 0) is 9.47 Å². The fourth-order valence-electron chi connectivity index (χ4n) is 0.247. The second-order valence-corrected chi connectivity index (χ2v) is 1.54. The number of ether oxygens (including phenoxy) is 2. The zero-order valence-electron chi connectivity index (χ0n) is 5.49. The van der Waals surface area contributed by atoms with Gasteiger partial charge < -0.3 is 4.74 Å². The zero-order chi connectivity index (χ0) is 7.33. The van der Waals surface area contributed by atoms with Crippen LogP contribution in [-0.4, -0.2) is 20.0 Å². The van der Waals surface area contributed by atoms with Crippen molar-refractivity contribution in [3.05, 3.63) is 0 Å². The van der Waals surface area contributed by atoms with Crippen LogP contribution in [0, 0.1) is 0 Å². The first-order valence-electron chi connectivity index (χ1n) is 2.63. The van der Waals surface area contributed by atoms with E-state index in [1.165, 1.54) is 14.0 Å². The molecule has 0 heterocycles. The fourth-order valence-corrected chi connectivity index (χ4v) is 0.247. The van der Waals surface area contributed by atoms with Crippen LogP contribution in [0.25, 0.3) is 0 Å². The van der Waals surface area contributed by atoms with Crippen molar-refractivity contribution in [2.75, 3.05) is 13.9 Å². The minimum absolute atomic E-state index is 0.323. The number of hydrogen-bond donors (Lipinski definition) is 0. The largest absolute Gasteiger partial charge is 0.358 e. The van der Waals surface area contributed by atoms with Crippen molar-refractivity contribution in [3.8, 4) is 0 Å². The van der Waals surface area contributed by atoms with Gasteiger partial charge in [0.2, 0.25) is 0 Å². The van der Waals surface area contributed by atoms with E-state index >= 15 is 0 Å². The first-order chi connectivity index (χ1) is 4.12. The van der Waals surface area contributed by atoms with Gasteiger partial charge in [0.05, 0.1) is 0 Å². The lowest BCUT2D eigenvalue weighted by atomic mass is 10.5. The smallest absolute Gasteiger partial charge is 0.357 e. The summed E-state index contributed by atoms with van der Waals surface area (Å²) in [6, 6.07) is 0. The Morgan fingerprint density at radius 3 is 2.33 bits per heavy atom. The Kier molecular flexibility index (Phi) is 3.65. The number of alkyl halides is 2. The molecule has 0 amide bonds. The summed E-state index contributed by atoms with van der Waals surface area (Å²) in [6.07, 6.45) is -3.35. The molecule has 0 atom stereocenters. The van der Waals surface area contributed by atoms with Gasteiger partial charge in [-0.15, -0.1) is 0 Å². The highest BCUT2D eigenvalue weighted by Crippen LogP contribution is 2.18. The highest BCUT2D eigenvalue weighted by Gasteiger charge is 2.26. The van der Waals surface area contributed by atoms with Crippen molar-refractivity contribution in [2.24, 2.45) is 0 Å². The Morgan fingerprint density at radius 1 is 1.44 bits per heavy atom. The van der Waals surface area contributed by atoms with Crippen LogP contribution in [0.15, 0.2) is 0 Å². The third-order valence-corrected chi connectivity index (χ3v) is 0.800. The summed E-state index contributed by atoms with van der Waals surface area (Å²) in [7, 11) is 1.30. The number of hydrogen-bond acceptors (Lipinski definition) is 2. The average molecular weight is 140 g/mol. The zero-order valence-corrected chi connectivity index (χ0v) is 5.49. The lowest BCUT2D eigenvalue weighted by molar-refractivity contribution is -0.273. The molecular weight excluding hydrogens is 130 g/mol. The van der Waals surface area contributed by atoms with Crippen molar-refractivity contribution in [1.82, 2.24) is 0 Å². The second kappa shape index (κ2) is 3.74. The van der Waals surface area contributed by atoms with Gasteiger partial charge in [-0.05, 0) is 0 Å². The Hall–Kier alpha value is -0.220. The molecule has 0 unspecified atom stereocenters. The standard InChI is InChI=1S/C5H10F2O2/c1-3-5(6,7)9-4-8-2/h3-4H2,1-2H3. The maximum Gasteiger partial charge on any atom is 0.357 e. The molecule has 0 radical (unpaired) electrons. The molecule has 2 nitrogen and oxygen atoms in total. The van der Waals surface area contributed by atoms with Gasteiger partial charge in [-0.2, -0.15) is 8.78 Å². The van der Waals surface area contributed by atoms with Crippen molar-refractivity contribution >= 4 is 0 Å². The van der Waals surface area contributed by atoms with E-state index in [9.17, 15) is 8.78 Å². The van der Waals surface area contributed by atoms with Crippen LogP contribution in [0.5, 0.6) is 0 Å². The van der Waals surface area contributed by atoms with E-state index in [2.05, 4.69) is 9.47 Å². The molecule has 0 fully saturated rings. The molecule has 0 N–H and O–H groups in total. The summed E-state index contributed by atoms with van der Waals surface area (Å²) >= 11 is 0. The molecule has 0 spiro atoms. The molecule has 0 aliphatic carbocycles. The summed E-state index contributed by atoms with van der Waals surface area (Å²) in [6.45, 7) is 0.983. The number of halogens is 2. The van der Waals surface area contributed by atoms with Gasteiger partial charge in [0.1, 0.15) is 0 Å². The first-order valence-corrected chi connectivity index (χ1v) is 2.63. The maximum atomic E-state index is 12.0. The number of rotatable bonds is 4. The van der Waals surface area contributed by atoms with Crippen LogP contribution in [0.2, 0.25) is 0 Å². The highest BCUT2D eigenvalue weighted by molar-refractivity contribution is 4.43. The van der Waals surface area contributed by atoms with Crippen molar-refractivity contribution in [1.29, 1.82) is 0 Å². The van der Waals surface area contributed by atoms with E-state index in [0.29, 0.717) is 0 Å². The van der Waals surface area contributed by atoms with Crippen LogP contribution < -0.4 is 0 Å². The Labute approximate surface area is 52.8 Å². The summed E-state index contributed by atoms with van der Waals surface area (Å²) in [4.78, 5) is 0. The van der Waals surface area contributed by atoms with E-state index in [4.69, 9.17) is 0 Å². The van der Waals surface area contributed by atoms with E-state index in [1.54, 1.807) is 0 Å². The molecule has 0 rings (SSSR count). The van der Waals surface area contributed by atoms with Gasteiger partial charge in [-0.1, -0.05) is 6.92 Å². The molecule has 56 valence electrons. The van der Waals surface area contributed by atoms with Gasteiger partial charge in [-0.25, -0.2) is 0 Å². The SMILES string of the molecule is CCC(F)(F)OCOC. The van der Waals surface area contributed by atoms with E-state index in [1.807, 2.05) is 0 Å². The molecule has 0 aromatic heterocycles. The molecule has 0 aliphatic heterocycles. The minimum atomic E-state index is -3.03. The average Bonchev–Trinajstić information content (AvgIpc) is 1.84. The third-order valence-electron chi connectivity index (χ3n) is 0.800. The van der Waals surface area contributed by atoms with Gasteiger partial charge in [-0.3, -0.25) is 4.74 Å². The Balaban J connectivity index is 3.33. The van der Waals surface area contributed by atoms with Gasteiger partial charge in [0.25, 0.3) is 0 Å². The summed E-state index contributed by atoms with van der Waals surface area (Å²) in [5.74, 6) is 0.